The summed E-state index contributed by atoms with van der Waals surface area (Å²) in [7, 11) is 0. The van der Waals surface area contributed by atoms with Crippen LogP contribution in [0.5, 0.6) is 0 Å². The molecule has 74 valence electrons. The van der Waals surface area contributed by atoms with Crippen LogP contribution in [0.4, 0.5) is 0 Å². The Morgan fingerprint density at radius 1 is 1.00 bits per heavy atom. The lowest BCUT2D eigenvalue weighted by Crippen LogP contribution is -1.85. The van der Waals surface area contributed by atoms with Gasteiger partial charge in [-0.15, -0.1) is 24.8 Å². The van der Waals surface area contributed by atoms with Crippen LogP contribution in [0.15, 0.2) is 36.4 Å². The van der Waals surface area contributed by atoms with Gasteiger partial charge in [0.05, 0.1) is 5.52 Å². The third-order valence-electron chi connectivity index (χ3n) is 1.74. The molecule has 0 aliphatic heterocycles. The number of carbonyl (C=O) groups excluding carboxylic acids is 1. The predicted molar refractivity (Wildman–Crippen MR) is 61.6 cm³/mol. The molecule has 1 aromatic carbocycles. The van der Waals surface area contributed by atoms with Crippen LogP contribution in [0.25, 0.3) is 10.9 Å². The van der Waals surface area contributed by atoms with E-state index in [9.17, 15) is 4.79 Å². The molecular weight excluding hydrogens is 221 g/mol. The molecule has 0 fully saturated rings. The smallest absolute Gasteiger partial charge is 0.168 e. The molecule has 1 aromatic heterocycles. The van der Waals surface area contributed by atoms with Gasteiger partial charge in [-0.05, 0) is 12.1 Å². The number of aromatic nitrogens is 1. The molecule has 14 heavy (non-hydrogen) atoms. The van der Waals surface area contributed by atoms with Crippen molar-refractivity contribution in [3.05, 3.63) is 42.1 Å². The number of rotatable bonds is 1. The predicted octanol–water partition coefficient (Wildman–Crippen LogP) is 2.89. The SMILES string of the molecule is Cl.Cl.O=Cc1ccc2ccccc2n1. The van der Waals surface area contributed by atoms with Crippen molar-refractivity contribution in [2.45, 2.75) is 0 Å². The van der Waals surface area contributed by atoms with Gasteiger partial charge in [-0.25, -0.2) is 4.98 Å². The number of halogens is 2. The second kappa shape index (κ2) is 5.58. The maximum atomic E-state index is 10.4. The number of benzene rings is 1. The number of carbonyl (C=O) groups is 1. The number of hydrogen-bond donors (Lipinski definition) is 0. The van der Waals surface area contributed by atoms with Crippen LogP contribution in [0.2, 0.25) is 0 Å². The largest absolute Gasteiger partial charge is 0.296 e. The Bertz CT molecular complexity index is 431. The van der Waals surface area contributed by atoms with Crippen LogP contribution in [0.3, 0.4) is 0 Å². The first-order chi connectivity index (χ1) is 5.90. The maximum absolute atomic E-state index is 10.4. The highest BCUT2D eigenvalue weighted by Crippen LogP contribution is 2.10. The Hall–Kier alpha value is -1.12. The van der Waals surface area contributed by atoms with E-state index >= 15 is 0 Å². The molecule has 0 bridgehead atoms. The first-order valence-electron chi connectivity index (χ1n) is 3.71. The van der Waals surface area contributed by atoms with Crippen molar-refractivity contribution < 1.29 is 4.79 Å². The van der Waals surface area contributed by atoms with Crippen molar-refractivity contribution in [3.63, 3.8) is 0 Å². The lowest BCUT2D eigenvalue weighted by molar-refractivity contribution is 0.111. The van der Waals surface area contributed by atoms with Crippen LogP contribution >= 0.6 is 24.8 Å². The molecule has 2 rings (SSSR count). The van der Waals surface area contributed by atoms with E-state index in [-0.39, 0.29) is 24.8 Å². The summed E-state index contributed by atoms with van der Waals surface area (Å²) in [6.07, 6.45) is 0.756. The van der Waals surface area contributed by atoms with Gasteiger partial charge in [0, 0.05) is 5.39 Å². The number of nitrogens with zero attached hydrogens (tertiary/aromatic N) is 1. The van der Waals surface area contributed by atoms with Crippen LogP contribution < -0.4 is 0 Å². The number of fused-ring (bicyclic) bond motifs is 1. The standard InChI is InChI=1S/C10H7NO.2ClH/c12-7-9-6-5-8-3-1-2-4-10(8)11-9;;/h1-7H;2*1H. The van der Waals surface area contributed by atoms with E-state index < -0.39 is 0 Å². The van der Waals surface area contributed by atoms with E-state index in [1.807, 2.05) is 30.3 Å². The van der Waals surface area contributed by atoms with Crippen molar-refractivity contribution in [2.24, 2.45) is 0 Å². The van der Waals surface area contributed by atoms with Gasteiger partial charge >= 0.3 is 0 Å². The minimum Gasteiger partial charge on any atom is -0.296 e. The molecule has 0 radical (unpaired) electrons. The average molecular weight is 230 g/mol. The van der Waals surface area contributed by atoms with Gasteiger partial charge in [-0.2, -0.15) is 0 Å². The molecule has 0 atom stereocenters. The molecule has 2 nitrogen and oxygen atoms in total. The monoisotopic (exact) mass is 229 g/mol. The van der Waals surface area contributed by atoms with Crippen molar-refractivity contribution in [1.29, 1.82) is 0 Å². The minimum atomic E-state index is 0. The second-order valence-electron chi connectivity index (χ2n) is 2.55. The average Bonchev–Trinajstić information content (AvgIpc) is 2.17. The second-order valence-corrected chi connectivity index (χ2v) is 2.55. The highest BCUT2D eigenvalue weighted by molar-refractivity contribution is 5.85. The molecule has 0 saturated heterocycles. The van der Waals surface area contributed by atoms with Crippen molar-refractivity contribution in [2.75, 3.05) is 0 Å². The number of aldehydes is 1. The van der Waals surface area contributed by atoms with E-state index in [1.54, 1.807) is 6.07 Å². The van der Waals surface area contributed by atoms with E-state index in [2.05, 4.69) is 4.98 Å². The molecule has 0 aliphatic rings. The summed E-state index contributed by atoms with van der Waals surface area (Å²) in [5.41, 5.74) is 1.34. The zero-order valence-corrected chi connectivity index (χ0v) is 8.85. The fraction of sp³-hybridized carbons (Fsp3) is 0. The third-order valence-corrected chi connectivity index (χ3v) is 1.74. The lowest BCUT2D eigenvalue weighted by Gasteiger charge is -1.95. The molecule has 0 aliphatic carbocycles. The van der Waals surface area contributed by atoms with E-state index in [0.29, 0.717) is 5.69 Å². The highest BCUT2D eigenvalue weighted by atomic mass is 35.5. The van der Waals surface area contributed by atoms with Gasteiger partial charge in [0.2, 0.25) is 0 Å². The molecular formula is C10H9Cl2NO. The van der Waals surface area contributed by atoms with Gasteiger partial charge in [-0.3, -0.25) is 4.79 Å². The van der Waals surface area contributed by atoms with Gasteiger partial charge in [0.25, 0.3) is 0 Å². The summed E-state index contributed by atoms with van der Waals surface area (Å²) >= 11 is 0. The Labute approximate surface area is 94.2 Å². The summed E-state index contributed by atoms with van der Waals surface area (Å²) in [6.45, 7) is 0. The lowest BCUT2D eigenvalue weighted by atomic mass is 10.2. The molecule has 4 heteroatoms. The Morgan fingerprint density at radius 2 is 1.71 bits per heavy atom. The summed E-state index contributed by atoms with van der Waals surface area (Å²) < 4.78 is 0. The summed E-state index contributed by atoms with van der Waals surface area (Å²) in [5, 5.41) is 1.06. The first kappa shape index (κ1) is 12.9. The van der Waals surface area contributed by atoms with E-state index in [0.717, 1.165) is 17.2 Å². The zero-order valence-electron chi connectivity index (χ0n) is 7.21. The number of hydrogen-bond acceptors (Lipinski definition) is 2. The fourth-order valence-electron chi connectivity index (χ4n) is 1.15. The number of para-hydroxylation sites is 1. The fourth-order valence-corrected chi connectivity index (χ4v) is 1.15. The highest BCUT2D eigenvalue weighted by Gasteiger charge is 1.94. The van der Waals surface area contributed by atoms with Crippen LogP contribution in [0, 0.1) is 0 Å². The van der Waals surface area contributed by atoms with Crippen LogP contribution in [-0.2, 0) is 0 Å². The van der Waals surface area contributed by atoms with Gasteiger partial charge < -0.3 is 0 Å². The van der Waals surface area contributed by atoms with Crippen LogP contribution in [-0.4, -0.2) is 11.3 Å². The van der Waals surface area contributed by atoms with Gasteiger partial charge in [0.15, 0.2) is 6.29 Å². The van der Waals surface area contributed by atoms with Gasteiger partial charge in [0.1, 0.15) is 5.69 Å². The van der Waals surface area contributed by atoms with E-state index in [1.165, 1.54) is 0 Å². The first-order valence-corrected chi connectivity index (χ1v) is 3.71. The molecule has 0 spiro atoms. The molecule has 0 amide bonds. The minimum absolute atomic E-state index is 0. The maximum Gasteiger partial charge on any atom is 0.168 e. The normalized spacial score (nSPS) is 8.57. The van der Waals surface area contributed by atoms with Crippen molar-refractivity contribution >= 4 is 42.0 Å². The van der Waals surface area contributed by atoms with Gasteiger partial charge in [-0.1, -0.05) is 24.3 Å². The molecule has 0 unspecified atom stereocenters. The Kier molecular flexibility index (Phi) is 5.13. The molecule has 0 N–H and O–H groups in total. The van der Waals surface area contributed by atoms with Crippen LogP contribution in [0.1, 0.15) is 10.5 Å². The summed E-state index contributed by atoms with van der Waals surface area (Å²) in [6, 6.07) is 11.3. The molecule has 2 aromatic rings. The zero-order chi connectivity index (χ0) is 8.39. The van der Waals surface area contributed by atoms with E-state index in [4.69, 9.17) is 0 Å². The number of pyridine rings is 1. The molecule has 0 saturated carbocycles. The third kappa shape index (κ3) is 2.44. The van der Waals surface area contributed by atoms with Crippen molar-refractivity contribution in [1.82, 2.24) is 4.98 Å². The Morgan fingerprint density at radius 3 is 2.43 bits per heavy atom. The quantitative estimate of drug-likeness (QED) is 0.705. The van der Waals surface area contributed by atoms with Crippen molar-refractivity contribution in [3.8, 4) is 0 Å². The summed E-state index contributed by atoms with van der Waals surface area (Å²) in [5.74, 6) is 0. The topological polar surface area (TPSA) is 30.0 Å². The molecule has 1 heterocycles. The Balaban J connectivity index is 0.000000845. The summed E-state index contributed by atoms with van der Waals surface area (Å²) in [4.78, 5) is 14.5.